The predicted octanol–water partition coefficient (Wildman–Crippen LogP) is 4.01. The van der Waals surface area contributed by atoms with Crippen LogP contribution in [0.5, 0.6) is 0 Å². The average Bonchev–Trinajstić information content (AvgIpc) is 2.93. The maximum Gasteiger partial charge on any atom is 0.303 e. The van der Waals surface area contributed by atoms with Gasteiger partial charge in [0.2, 0.25) is 5.78 Å². The molecule has 0 saturated heterocycles. The number of alkyl halides is 2. The third-order valence-corrected chi connectivity index (χ3v) is 9.36. The number of carbonyl (C=O) groups is 3. The molecule has 0 heterocycles. The highest BCUT2D eigenvalue weighted by atomic mass is 35.5. The molecule has 0 bridgehead atoms. The predicted molar refractivity (Wildman–Crippen MR) is 113 cm³/mol. The zero-order valence-corrected chi connectivity index (χ0v) is 19.5. The van der Waals surface area contributed by atoms with Gasteiger partial charge >= 0.3 is 5.97 Å². The highest BCUT2D eigenvalue weighted by Crippen LogP contribution is 2.71. The van der Waals surface area contributed by atoms with E-state index in [1.54, 1.807) is 13.8 Å². The van der Waals surface area contributed by atoms with Crippen molar-refractivity contribution in [1.29, 1.82) is 0 Å². The fraction of sp³-hybridized carbons (Fsp3) is 0.708. The van der Waals surface area contributed by atoms with Crippen LogP contribution in [-0.4, -0.2) is 45.9 Å². The molecule has 5 nitrogen and oxygen atoms in total. The van der Waals surface area contributed by atoms with Gasteiger partial charge in [-0.05, 0) is 50.2 Å². The van der Waals surface area contributed by atoms with Gasteiger partial charge in [0.05, 0.1) is 12.0 Å². The van der Waals surface area contributed by atoms with Gasteiger partial charge < -0.3 is 9.84 Å². The SMILES string of the molecule is CC(=O)O[C@]1(C(=O)CCl)C(C)C[C@H]2[C@@H]3CCC4=C(F)C(=O)C=C[C@]4(C)[C@@]3(F)C(O)C[C@@]21C. The zero-order chi connectivity index (χ0) is 23.9. The van der Waals surface area contributed by atoms with Crippen LogP contribution in [0.15, 0.2) is 23.6 Å². The number of halogens is 3. The molecule has 8 heteroatoms. The van der Waals surface area contributed by atoms with Crippen LogP contribution in [0.2, 0.25) is 0 Å². The summed E-state index contributed by atoms with van der Waals surface area (Å²) in [4.78, 5) is 37.2. The molecule has 1 N–H and O–H groups in total. The Morgan fingerprint density at radius 3 is 2.56 bits per heavy atom. The summed E-state index contributed by atoms with van der Waals surface area (Å²) in [6, 6.07) is 0. The van der Waals surface area contributed by atoms with Gasteiger partial charge in [-0.15, -0.1) is 11.6 Å². The lowest BCUT2D eigenvalue weighted by Gasteiger charge is -2.62. The maximum atomic E-state index is 17.1. The molecule has 8 atom stereocenters. The topological polar surface area (TPSA) is 80.7 Å². The minimum atomic E-state index is -2.24. The average molecular weight is 471 g/mol. The van der Waals surface area contributed by atoms with Crippen LogP contribution < -0.4 is 0 Å². The van der Waals surface area contributed by atoms with Crippen molar-refractivity contribution in [3.8, 4) is 0 Å². The Hall–Kier alpha value is -1.60. The lowest BCUT2D eigenvalue weighted by Crippen LogP contribution is -2.70. The second kappa shape index (κ2) is 7.20. The molecule has 0 aromatic carbocycles. The molecule has 176 valence electrons. The number of carbonyl (C=O) groups excluding carboxylic acids is 3. The highest BCUT2D eigenvalue weighted by Gasteiger charge is 2.77. The maximum absolute atomic E-state index is 17.1. The number of aliphatic hydroxyl groups is 1. The summed E-state index contributed by atoms with van der Waals surface area (Å²) in [6.07, 6.45) is 1.49. The van der Waals surface area contributed by atoms with E-state index < -0.39 is 69.3 Å². The smallest absolute Gasteiger partial charge is 0.303 e. The van der Waals surface area contributed by atoms with Crippen molar-refractivity contribution in [3.63, 3.8) is 0 Å². The fourth-order valence-electron chi connectivity index (χ4n) is 7.80. The summed E-state index contributed by atoms with van der Waals surface area (Å²) in [5.41, 5.74) is -6.26. The van der Waals surface area contributed by atoms with Gasteiger partial charge in [0.15, 0.2) is 22.9 Å². The van der Waals surface area contributed by atoms with E-state index in [0.717, 1.165) is 6.08 Å². The molecule has 4 rings (SSSR count). The van der Waals surface area contributed by atoms with Gasteiger partial charge in [-0.3, -0.25) is 14.4 Å². The first-order valence-electron chi connectivity index (χ1n) is 11.1. The number of hydrogen-bond acceptors (Lipinski definition) is 5. The summed E-state index contributed by atoms with van der Waals surface area (Å²) < 4.78 is 37.6. The third-order valence-electron chi connectivity index (χ3n) is 9.11. The van der Waals surface area contributed by atoms with Crippen LogP contribution in [0.25, 0.3) is 0 Å². The molecule has 3 fully saturated rings. The summed E-state index contributed by atoms with van der Waals surface area (Å²) in [5, 5.41) is 11.3. The second-order valence-electron chi connectivity index (χ2n) is 10.4. The largest absolute Gasteiger partial charge is 0.450 e. The van der Waals surface area contributed by atoms with Crippen LogP contribution >= 0.6 is 11.6 Å². The molecule has 2 unspecified atom stereocenters. The quantitative estimate of drug-likeness (QED) is 0.498. The molecule has 0 amide bonds. The molecular formula is C24H29ClF2O5. The Morgan fingerprint density at radius 1 is 1.31 bits per heavy atom. The van der Waals surface area contributed by atoms with Gasteiger partial charge in [0, 0.05) is 29.6 Å². The number of Topliss-reactive ketones (excluding diaryl/α,β-unsaturated/α-hetero) is 1. The standard InChI is InChI=1S/C24H29ClF2O5/c1-12-9-16-14-5-6-15-20(26)17(29)7-8-21(15,3)23(14,27)18(30)10-22(16,4)24(12,19(31)11-25)32-13(2)28/h7-8,12,14,16,18,30H,5-6,9-11H2,1-4H3/t12?,14-,16-,18?,21-,22-,23-,24-/m0/s1. The first kappa shape index (κ1) is 23.6. The van der Waals surface area contributed by atoms with Gasteiger partial charge in [0.25, 0.3) is 0 Å². The monoisotopic (exact) mass is 470 g/mol. The Kier molecular flexibility index (Phi) is 5.30. The van der Waals surface area contributed by atoms with Crippen molar-refractivity contribution in [2.24, 2.45) is 28.6 Å². The molecule has 4 aliphatic carbocycles. The molecule has 32 heavy (non-hydrogen) atoms. The fourth-order valence-corrected chi connectivity index (χ4v) is 8.00. The zero-order valence-electron chi connectivity index (χ0n) is 18.7. The number of fused-ring (bicyclic) bond motifs is 5. The van der Waals surface area contributed by atoms with E-state index >= 15 is 4.39 Å². The molecule has 0 aliphatic heterocycles. The first-order valence-corrected chi connectivity index (χ1v) is 11.6. The van der Waals surface area contributed by atoms with E-state index in [9.17, 15) is 23.9 Å². The Labute approximate surface area is 191 Å². The Morgan fingerprint density at radius 2 is 1.97 bits per heavy atom. The molecule has 0 aromatic rings. The number of ether oxygens (including phenoxy) is 1. The van der Waals surface area contributed by atoms with Crippen molar-refractivity contribution in [2.75, 3.05) is 5.88 Å². The number of esters is 1. The van der Waals surface area contributed by atoms with Crippen molar-refractivity contribution >= 4 is 29.1 Å². The minimum Gasteiger partial charge on any atom is -0.450 e. The number of allylic oxidation sites excluding steroid dienone is 4. The van der Waals surface area contributed by atoms with Crippen LogP contribution in [-0.2, 0) is 19.1 Å². The van der Waals surface area contributed by atoms with E-state index in [1.165, 1.54) is 19.9 Å². The van der Waals surface area contributed by atoms with Crippen LogP contribution in [0.1, 0.15) is 53.4 Å². The summed E-state index contributed by atoms with van der Waals surface area (Å²) in [7, 11) is 0. The summed E-state index contributed by atoms with van der Waals surface area (Å²) >= 11 is 5.94. The molecule has 0 spiro atoms. The number of aliphatic hydroxyl groups excluding tert-OH is 1. The molecule has 3 saturated carbocycles. The van der Waals surface area contributed by atoms with Crippen molar-refractivity contribution in [2.45, 2.75) is 70.8 Å². The van der Waals surface area contributed by atoms with Crippen LogP contribution in [0, 0.1) is 28.6 Å². The molecule has 0 aromatic heterocycles. The minimum absolute atomic E-state index is 0.0838. The van der Waals surface area contributed by atoms with Gasteiger partial charge in [0.1, 0.15) is 0 Å². The molecule has 4 aliphatic rings. The highest BCUT2D eigenvalue weighted by molar-refractivity contribution is 6.29. The second-order valence-corrected chi connectivity index (χ2v) is 10.6. The normalized spacial score (nSPS) is 47.6. The van der Waals surface area contributed by atoms with E-state index in [-0.39, 0.29) is 30.7 Å². The lowest BCUT2D eigenvalue weighted by atomic mass is 9.44. The van der Waals surface area contributed by atoms with Crippen molar-refractivity contribution in [1.82, 2.24) is 0 Å². The number of ketones is 2. The van der Waals surface area contributed by atoms with E-state index in [1.807, 2.05) is 0 Å². The van der Waals surface area contributed by atoms with Crippen molar-refractivity contribution < 1.29 is 33.0 Å². The van der Waals surface area contributed by atoms with E-state index in [2.05, 4.69) is 0 Å². The van der Waals surface area contributed by atoms with Gasteiger partial charge in [-0.1, -0.05) is 19.9 Å². The number of hydrogen-bond donors (Lipinski definition) is 1. The van der Waals surface area contributed by atoms with Crippen molar-refractivity contribution in [3.05, 3.63) is 23.6 Å². The van der Waals surface area contributed by atoms with Gasteiger partial charge in [-0.2, -0.15) is 0 Å². The Balaban J connectivity index is 1.88. The lowest BCUT2D eigenvalue weighted by molar-refractivity contribution is -0.226. The first-order chi connectivity index (χ1) is 14.8. The molecular weight excluding hydrogens is 442 g/mol. The van der Waals surface area contributed by atoms with Gasteiger partial charge in [-0.25, -0.2) is 8.78 Å². The summed E-state index contributed by atoms with van der Waals surface area (Å²) in [5.74, 6) is -4.77. The van der Waals surface area contributed by atoms with E-state index in [4.69, 9.17) is 16.3 Å². The Bertz CT molecular complexity index is 962. The third kappa shape index (κ3) is 2.55. The van der Waals surface area contributed by atoms with Crippen LogP contribution in [0.3, 0.4) is 0 Å². The molecule has 0 radical (unpaired) electrons. The summed E-state index contributed by atoms with van der Waals surface area (Å²) in [6.45, 7) is 6.31. The van der Waals surface area contributed by atoms with Crippen LogP contribution in [0.4, 0.5) is 8.78 Å². The number of rotatable bonds is 3. The van der Waals surface area contributed by atoms with E-state index in [0.29, 0.717) is 6.42 Å².